The highest BCUT2D eigenvalue weighted by molar-refractivity contribution is 6.32. The van der Waals surface area contributed by atoms with Crippen LogP contribution in [0.3, 0.4) is 0 Å². The molecule has 1 heterocycles. The summed E-state index contributed by atoms with van der Waals surface area (Å²) in [5, 5.41) is 3.34. The third-order valence-electron chi connectivity index (χ3n) is 2.76. The number of nitrogens with zero attached hydrogens (tertiary/aromatic N) is 1. The molecule has 0 saturated heterocycles. The van der Waals surface area contributed by atoms with Crippen LogP contribution in [0, 0.1) is 0 Å². The van der Waals surface area contributed by atoms with Crippen molar-refractivity contribution in [3.63, 3.8) is 0 Å². The van der Waals surface area contributed by atoms with Crippen molar-refractivity contribution in [2.24, 2.45) is 4.99 Å². The summed E-state index contributed by atoms with van der Waals surface area (Å²) in [7, 11) is 0. The Labute approximate surface area is 117 Å². The van der Waals surface area contributed by atoms with Crippen molar-refractivity contribution in [1.82, 2.24) is 5.32 Å². The number of carbonyl (C=O) groups is 1. The van der Waals surface area contributed by atoms with Crippen LogP contribution < -0.4 is 5.32 Å². The summed E-state index contributed by atoms with van der Waals surface area (Å²) in [5.74, 6) is 0.233. The maximum atomic E-state index is 12.0. The van der Waals surface area contributed by atoms with Gasteiger partial charge in [0.15, 0.2) is 0 Å². The predicted molar refractivity (Wildman–Crippen MR) is 74.9 cm³/mol. The van der Waals surface area contributed by atoms with Crippen molar-refractivity contribution < 1.29 is 9.53 Å². The Bertz CT molecular complexity index is 538. The van der Waals surface area contributed by atoms with Gasteiger partial charge >= 0.3 is 5.97 Å². The van der Waals surface area contributed by atoms with Gasteiger partial charge in [0.2, 0.25) is 0 Å². The topological polar surface area (TPSA) is 50.7 Å². The van der Waals surface area contributed by atoms with E-state index in [1.165, 1.54) is 0 Å². The van der Waals surface area contributed by atoms with Crippen LogP contribution >= 0.6 is 11.6 Å². The van der Waals surface area contributed by atoms with E-state index in [0.717, 1.165) is 5.56 Å². The first-order chi connectivity index (χ1) is 9.13. The van der Waals surface area contributed by atoms with E-state index in [1.54, 1.807) is 13.8 Å². The van der Waals surface area contributed by atoms with Crippen LogP contribution in [0.4, 0.5) is 0 Å². The molecule has 0 saturated carbocycles. The molecule has 1 aliphatic rings. The van der Waals surface area contributed by atoms with Crippen LogP contribution in [-0.2, 0) is 9.53 Å². The van der Waals surface area contributed by atoms with Crippen molar-refractivity contribution in [3.8, 4) is 0 Å². The Morgan fingerprint density at radius 1 is 1.42 bits per heavy atom. The molecule has 0 fully saturated rings. The van der Waals surface area contributed by atoms with Crippen LogP contribution in [0.2, 0.25) is 0 Å². The number of halogens is 1. The van der Waals surface area contributed by atoms with E-state index in [9.17, 15) is 4.79 Å². The minimum atomic E-state index is -0.440. The summed E-state index contributed by atoms with van der Waals surface area (Å²) in [6.07, 6.45) is 0. The lowest BCUT2D eigenvalue weighted by atomic mass is 9.98. The van der Waals surface area contributed by atoms with Crippen molar-refractivity contribution in [2.75, 3.05) is 6.61 Å². The maximum Gasteiger partial charge on any atom is 0.339 e. The van der Waals surface area contributed by atoms with Crippen molar-refractivity contribution in [1.29, 1.82) is 0 Å². The van der Waals surface area contributed by atoms with Gasteiger partial charge in [-0.05, 0) is 19.4 Å². The van der Waals surface area contributed by atoms with Gasteiger partial charge in [0, 0.05) is 0 Å². The number of nitrogens with one attached hydrogen (secondary N) is 1. The van der Waals surface area contributed by atoms with E-state index >= 15 is 0 Å². The Morgan fingerprint density at radius 3 is 2.74 bits per heavy atom. The fraction of sp³-hybridized carbons (Fsp3) is 0.286. The first-order valence-corrected chi connectivity index (χ1v) is 6.44. The van der Waals surface area contributed by atoms with Crippen molar-refractivity contribution >= 4 is 23.4 Å². The molecule has 5 heteroatoms. The molecule has 4 nitrogen and oxygen atoms in total. The molecule has 0 aliphatic carbocycles. The largest absolute Gasteiger partial charge is 0.462 e. The van der Waals surface area contributed by atoms with Gasteiger partial charge in [-0.15, -0.1) is 0 Å². The van der Waals surface area contributed by atoms with E-state index in [-0.39, 0.29) is 11.2 Å². The molecular formula is C14H15ClN2O2. The monoisotopic (exact) mass is 278 g/mol. The quantitative estimate of drug-likeness (QED) is 0.683. The third kappa shape index (κ3) is 2.96. The van der Waals surface area contributed by atoms with Gasteiger partial charge < -0.3 is 10.1 Å². The van der Waals surface area contributed by atoms with E-state index in [1.807, 2.05) is 30.3 Å². The Balaban J connectivity index is 2.42. The molecule has 0 bridgehead atoms. The SMILES string of the molecule is CCOC(=O)C1=C(Cl)N=C(C)NC1c1ccccc1. The molecule has 1 N–H and O–H groups in total. The zero-order valence-corrected chi connectivity index (χ0v) is 11.6. The van der Waals surface area contributed by atoms with Gasteiger partial charge in [-0.2, -0.15) is 0 Å². The normalized spacial score (nSPS) is 18.7. The summed E-state index contributed by atoms with van der Waals surface area (Å²) in [6, 6.07) is 9.27. The molecule has 1 aliphatic heterocycles. The van der Waals surface area contributed by atoms with Gasteiger partial charge in [-0.3, -0.25) is 0 Å². The number of amidine groups is 1. The molecular weight excluding hydrogens is 264 g/mol. The number of rotatable bonds is 3. The molecule has 0 aromatic heterocycles. The van der Waals surface area contributed by atoms with Crippen molar-refractivity contribution in [3.05, 3.63) is 46.6 Å². The second-order valence-corrected chi connectivity index (χ2v) is 4.47. The van der Waals surface area contributed by atoms with Crippen LogP contribution in [0.25, 0.3) is 0 Å². The predicted octanol–water partition coefficient (Wildman–Crippen LogP) is 2.76. The number of hydrogen-bond acceptors (Lipinski definition) is 4. The second kappa shape index (κ2) is 5.89. The Kier molecular flexibility index (Phi) is 4.22. The van der Waals surface area contributed by atoms with Gasteiger partial charge in [0.25, 0.3) is 0 Å². The number of ether oxygens (including phenoxy) is 1. The van der Waals surface area contributed by atoms with Gasteiger partial charge in [-0.25, -0.2) is 9.79 Å². The summed E-state index contributed by atoms with van der Waals surface area (Å²) in [6.45, 7) is 3.87. The highest BCUT2D eigenvalue weighted by atomic mass is 35.5. The fourth-order valence-electron chi connectivity index (χ4n) is 1.95. The molecule has 1 aromatic carbocycles. The first-order valence-electron chi connectivity index (χ1n) is 6.07. The highest BCUT2D eigenvalue weighted by Gasteiger charge is 2.30. The average Bonchev–Trinajstić information content (AvgIpc) is 2.39. The highest BCUT2D eigenvalue weighted by Crippen LogP contribution is 2.30. The average molecular weight is 279 g/mol. The van der Waals surface area contributed by atoms with E-state index in [0.29, 0.717) is 18.0 Å². The van der Waals surface area contributed by atoms with Crippen LogP contribution in [-0.4, -0.2) is 18.4 Å². The zero-order valence-electron chi connectivity index (χ0n) is 10.8. The molecule has 1 unspecified atom stereocenters. The van der Waals surface area contributed by atoms with Gasteiger partial charge in [0.1, 0.15) is 16.6 Å². The van der Waals surface area contributed by atoms with E-state index < -0.39 is 5.97 Å². The molecule has 1 aromatic rings. The molecule has 0 radical (unpaired) electrons. The minimum Gasteiger partial charge on any atom is -0.462 e. The summed E-state index contributed by atoms with van der Waals surface area (Å²) < 4.78 is 5.05. The van der Waals surface area contributed by atoms with E-state index in [4.69, 9.17) is 16.3 Å². The molecule has 19 heavy (non-hydrogen) atoms. The molecule has 0 amide bonds. The minimum absolute atomic E-state index is 0.184. The summed E-state index contributed by atoms with van der Waals surface area (Å²) in [4.78, 5) is 16.1. The number of aliphatic imine (C=N–C) groups is 1. The summed E-state index contributed by atoms with van der Waals surface area (Å²) in [5.41, 5.74) is 1.29. The number of hydrogen-bond donors (Lipinski definition) is 1. The molecule has 1 atom stereocenters. The lowest BCUT2D eigenvalue weighted by Gasteiger charge is -2.25. The lowest BCUT2D eigenvalue weighted by Crippen LogP contribution is -2.34. The smallest absolute Gasteiger partial charge is 0.339 e. The molecule has 2 rings (SSSR count). The molecule has 100 valence electrons. The van der Waals surface area contributed by atoms with Crippen LogP contribution in [0.15, 0.2) is 46.1 Å². The Morgan fingerprint density at radius 2 is 2.11 bits per heavy atom. The Hall–Kier alpha value is -1.81. The zero-order chi connectivity index (χ0) is 13.8. The maximum absolute atomic E-state index is 12.0. The van der Waals surface area contributed by atoms with Crippen LogP contribution in [0.1, 0.15) is 25.5 Å². The van der Waals surface area contributed by atoms with Gasteiger partial charge in [0.05, 0.1) is 12.6 Å². The van der Waals surface area contributed by atoms with Gasteiger partial charge in [-0.1, -0.05) is 41.9 Å². The lowest BCUT2D eigenvalue weighted by molar-refractivity contribution is -0.138. The third-order valence-corrected chi connectivity index (χ3v) is 3.05. The van der Waals surface area contributed by atoms with Crippen LogP contribution in [0.5, 0.6) is 0 Å². The fourth-order valence-corrected chi connectivity index (χ4v) is 2.26. The summed E-state index contributed by atoms with van der Waals surface area (Å²) >= 11 is 6.10. The second-order valence-electron chi connectivity index (χ2n) is 4.11. The van der Waals surface area contributed by atoms with E-state index in [2.05, 4.69) is 10.3 Å². The standard InChI is InChI=1S/C14H15ClN2O2/c1-3-19-14(18)11-12(10-7-5-4-6-8-10)16-9(2)17-13(11)15/h4-8,12H,3H2,1-2H3,(H,16,17). The van der Waals surface area contributed by atoms with Crippen molar-refractivity contribution in [2.45, 2.75) is 19.9 Å². The molecule has 0 spiro atoms. The first kappa shape index (κ1) is 13.6. The number of carbonyl (C=O) groups excluding carboxylic acids is 1. The number of esters is 1. The number of benzene rings is 1.